The van der Waals surface area contributed by atoms with Gasteiger partial charge in [0.15, 0.2) is 11.5 Å². The van der Waals surface area contributed by atoms with Crippen LogP contribution in [-0.2, 0) is 4.79 Å². The van der Waals surface area contributed by atoms with Gasteiger partial charge >= 0.3 is 0 Å². The van der Waals surface area contributed by atoms with E-state index in [0.29, 0.717) is 31.0 Å². The minimum atomic E-state index is -0.226. The molecule has 0 saturated carbocycles. The molecule has 0 bridgehead atoms. The second kappa shape index (κ2) is 11.3. The molecule has 180 valence electrons. The van der Waals surface area contributed by atoms with E-state index < -0.39 is 0 Å². The molecule has 0 aliphatic carbocycles. The number of ether oxygens (including phenoxy) is 1. The normalized spacial score (nSPS) is 15.0. The van der Waals surface area contributed by atoms with Crippen molar-refractivity contribution in [3.05, 3.63) is 36.0 Å². The van der Waals surface area contributed by atoms with E-state index in [2.05, 4.69) is 31.0 Å². The van der Waals surface area contributed by atoms with E-state index in [-0.39, 0.29) is 29.5 Å². The second-order valence-electron chi connectivity index (χ2n) is 9.24. The molecule has 1 aromatic carbocycles. The van der Waals surface area contributed by atoms with Crippen molar-refractivity contribution < 1.29 is 18.8 Å². The third-order valence-electron chi connectivity index (χ3n) is 6.18. The highest BCUT2D eigenvalue weighted by Gasteiger charge is 2.26. The summed E-state index contributed by atoms with van der Waals surface area (Å²) in [5.74, 6) is 1.31. The van der Waals surface area contributed by atoms with Crippen LogP contribution in [0.2, 0.25) is 0 Å². The number of nitrogens with zero attached hydrogens (tertiary/aromatic N) is 4. The number of amides is 2. The van der Waals surface area contributed by atoms with Crippen LogP contribution in [0.25, 0.3) is 11.3 Å². The number of methoxy groups -OCH3 is 1. The summed E-state index contributed by atoms with van der Waals surface area (Å²) >= 11 is 0. The lowest BCUT2D eigenvalue weighted by Gasteiger charge is -2.35. The van der Waals surface area contributed by atoms with E-state index in [0.717, 1.165) is 31.5 Å². The van der Waals surface area contributed by atoms with Crippen LogP contribution in [0.1, 0.15) is 43.6 Å². The highest BCUT2D eigenvalue weighted by molar-refractivity contribution is 5.93. The molecule has 3 rings (SSSR count). The molecule has 8 heteroatoms. The Hall–Kier alpha value is -2.87. The largest absolute Gasteiger partial charge is 0.497 e. The van der Waals surface area contributed by atoms with Gasteiger partial charge in [0.25, 0.3) is 5.91 Å². The van der Waals surface area contributed by atoms with Gasteiger partial charge in [-0.1, -0.05) is 31.1 Å². The minimum Gasteiger partial charge on any atom is -0.497 e. The summed E-state index contributed by atoms with van der Waals surface area (Å²) in [6.45, 7) is 7.01. The van der Waals surface area contributed by atoms with E-state index in [1.165, 1.54) is 0 Å². The van der Waals surface area contributed by atoms with Crippen molar-refractivity contribution >= 4 is 11.8 Å². The maximum atomic E-state index is 13.2. The highest BCUT2D eigenvalue weighted by atomic mass is 16.5. The fourth-order valence-electron chi connectivity index (χ4n) is 4.16. The maximum Gasteiger partial charge on any atom is 0.276 e. The summed E-state index contributed by atoms with van der Waals surface area (Å²) < 4.78 is 10.7. The monoisotopic (exact) mass is 456 g/mol. The van der Waals surface area contributed by atoms with Gasteiger partial charge in [0, 0.05) is 44.2 Å². The number of benzene rings is 1. The lowest BCUT2D eigenvalue weighted by molar-refractivity contribution is -0.133. The molecule has 1 saturated heterocycles. The van der Waals surface area contributed by atoms with E-state index in [9.17, 15) is 9.59 Å². The number of likely N-dealkylation sites (tertiary alicyclic amines) is 1. The zero-order valence-electron chi connectivity index (χ0n) is 20.4. The molecule has 33 heavy (non-hydrogen) atoms. The lowest BCUT2D eigenvalue weighted by Crippen LogP contribution is -2.45. The average Bonchev–Trinajstić information content (AvgIpc) is 3.31. The zero-order chi connectivity index (χ0) is 24.0. The first-order chi connectivity index (χ1) is 15.8. The molecule has 1 aliphatic rings. The molecule has 0 spiro atoms. The van der Waals surface area contributed by atoms with Crippen LogP contribution in [0.15, 0.2) is 34.9 Å². The van der Waals surface area contributed by atoms with E-state index >= 15 is 0 Å². The molecule has 8 nitrogen and oxygen atoms in total. The van der Waals surface area contributed by atoms with E-state index in [1.807, 2.05) is 36.2 Å². The van der Waals surface area contributed by atoms with E-state index in [4.69, 9.17) is 9.26 Å². The maximum absolute atomic E-state index is 13.2. The van der Waals surface area contributed by atoms with Crippen molar-refractivity contribution in [1.82, 2.24) is 19.9 Å². The van der Waals surface area contributed by atoms with Crippen LogP contribution in [0.5, 0.6) is 5.75 Å². The standard InChI is InChI=1S/C25H36N4O4/c1-18(2)17-29(14-11-24(30)28(4)20-9-12-27(3)13-10-20)25(31)22-16-23(33-26-22)19-7-6-8-21(15-19)32-5/h6-8,15-16,18,20H,9-14,17H2,1-5H3. The smallest absolute Gasteiger partial charge is 0.276 e. The van der Waals surface area contributed by atoms with Crippen LogP contribution in [0, 0.1) is 5.92 Å². The van der Waals surface area contributed by atoms with Crippen LogP contribution in [0.4, 0.5) is 0 Å². The van der Waals surface area contributed by atoms with Gasteiger partial charge in [0.2, 0.25) is 5.91 Å². The van der Waals surface area contributed by atoms with Gasteiger partial charge in [-0.15, -0.1) is 0 Å². The van der Waals surface area contributed by atoms with Gasteiger partial charge in [-0.2, -0.15) is 0 Å². The molecule has 2 heterocycles. The van der Waals surface area contributed by atoms with E-state index in [1.54, 1.807) is 18.1 Å². The fourth-order valence-corrected chi connectivity index (χ4v) is 4.16. The zero-order valence-corrected chi connectivity index (χ0v) is 20.4. The quantitative estimate of drug-likeness (QED) is 0.576. The first-order valence-corrected chi connectivity index (χ1v) is 11.6. The molecule has 1 aliphatic heterocycles. The summed E-state index contributed by atoms with van der Waals surface area (Å²) in [5.41, 5.74) is 1.02. The van der Waals surface area contributed by atoms with Crippen molar-refractivity contribution in [3.63, 3.8) is 0 Å². The fraction of sp³-hybridized carbons (Fsp3) is 0.560. The number of hydrogen-bond acceptors (Lipinski definition) is 6. The van der Waals surface area contributed by atoms with Crippen LogP contribution in [0.3, 0.4) is 0 Å². The SMILES string of the molecule is COc1cccc(-c2cc(C(=O)N(CCC(=O)N(C)C3CCN(C)CC3)CC(C)C)no2)c1. The lowest BCUT2D eigenvalue weighted by atomic mass is 10.0. The number of rotatable bonds is 9. The molecule has 2 aromatic rings. The van der Waals surface area contributed by atoms with Crippen LogP contribution in [-0.4, -0.2) is 85.1 Å². The number of aromatic nitrogens is 1. The van der Waals surface area contributed by atoms with Gasteiger partial charge in [-0.05, 0) is 51.0 Å². The number of carbonyl (C=O) groups excluding carboxylic acids is 2. The van der Waals surface area contributed by atoms with Gasteiger partial charge in [0.05, 0.1) is 7.11 Å². The third kappa shape index (κ3) is 6.57. The topological polar surface area (TPSA) is 79.1 Å². The molecular formula is C25H36N4O4. The Bertz CT molecular complexity index is 934. The Kier molecular flexibility index (Phi) is 8.49. The Morgan fingerprint density at radius 1 is 1.24 bits per heavy atom. The molecule has 0 unspecified atom stereocenters. The van der Waals surface area contributed by atoms with Crippen molar-refractivity contribution in [2.24, 2.45) is 5.92 Å². The van der Waals surface area contributed by atoms with Crippen molar-refractivity contribution in [3.8, 4) is 17.1 Å². The van der Waals surface area contributed by atoms with Crippen molar-refractivity contribution in [2.45, 2.75) is 39.2 Å². The predicted molar refractivity (Wildman–Crippen MR) is 127 cm³/mol. The first kappa shape index (κ1) is 24.8. The van der Waals surface area contributed by atoms with Gasteiger partial charge < -0.3 is 24.0 Å². The molecule has 0 N–H and O–H groups in total. The Morgan fingerprint density at radius 3 is 2.64 bits per heavy atom. The Labute approximate surface area is 196 Å². The van der Waals surface area contributed by atoms with Gasteiger partial charge in [-0.3, -0.25) is 9.59 Å². The van der Waals surface area contributed by atoms with Gasteiger partial charge in [-0.25, -0.2) is 0 Å². The highest BCUT2D eigenvalue weighted by Crippen LogP contribution is 2.25. The van der Waals surface area contributed by atoms with Gasteiger partial charge in [0.1, 0.15) is 5.75 Å². The summed E-state index contributed by atoms with van der Waals surface area (Å²) in [7, 11) is 5.59. The number of carbonyl (C=O) groups is 2. The second-order valence-corrected chi connectivity index (χ2v) is 9.24. The Balaban J connectivity index is 1.65. The van der Waals surface area contributed by atoms with Crippen molar-refractivity contribution in [1.29, 1.82) is 0 Å². The number of piperidine rings is 1. The molecular weight excluding hydrogens is 420 g/mol. The first-order valence-electron chi connectivity index (χ1n) is 11.6. The molecule has 1 fully saturated rings. The average molecular weight is 457 g/mol. The van der Waals surface area contributed by atoms with Crippen LogP contribution >= 0.6 is 0 Å². The van der Waals surface area contributed by atoms with Crippen LogP contribution < -0.4 is 4.74 Å². The molecule has 1 aromatic heterocycles. The Morgan fingerprint density at radius 2 is 1.97 bits per heavy atom. The summed E-state index contributed by atoms with van der Waals surface area (Å²) in [4.78, 5) is 31.9. The van der Waals surface area contributed by atoms with Crippen molar-refractivity contribution in [2.75, 3.05) is 47.4 Å². The molecule has 2 amide bonds. The minimum absolute atomic E-state index is 0.0725. The third-order valence-corrected chi connectivity index (χ3v) is 6.18. The summed E-state index contributed by atoms with van der Waals surface area (Å²) in [6, 6.07) is 9.32. The summed E-state index contributed by atoms with van der Waals surface area (Å²) in [6.07, 6.45) is 2.26. The molecule has 0 atom stereocenters. The number of hydrogen-bond donors (Lipinski definition) is 0. The predicted octanol–water partition coefficient (Wildman–Crippen LogP) is 3.39. The molecule has 0 radical (unpaired) electrons. The summed E-state index contributed by atoms with van der Waals surface area (Å²) in [5, 5.41) is 4.01.